The van der Waals surface area contributed by atoms with E-state index in [9.17, 15) is 5.11 Å². The van der Waals surface area contributed by atoms with Crippen LogP contribution in [0.4, 0.5) is 0 Å². The average Bonchev–Trinajstić information content (AvgIpc) is 3.44. The van der Waals surface area contributed by atoms with Gasteiger partial charge in [0, 0.05) is 50.2 Å². The second-order valence-corrected chi connectivity index (χ2v) is 14.4. The molecule has 0 aliphatic heterocycles. The fraction of sp³-hybridized carbons (Fsp3) is 0.214. The quantitative estimate of drug-likeness (QED) is 0.180. The average molecular weight is 811 g/mol. The van der Waals surface area contributed by atoms with Gasteiger partial charge in [-0.1, -0.05) is 89.1 Å². The van der Waals surface area contributed by atoms with E-state index in [0.717, 1.165) is 55.7 Å². The molecule has 48 heavy (non-hydrogen) atoms. The molecule has 0 bridgehead atoms. The zero-order chi connectivity index (χ0) is 33.1. The third kappa shape index (κ3) is 5.97. The normalized spacial score (nSPS) is 12.0. The van der Waals surface area contributed by atoms with E-state index in [1.54, 1.807) is 18.3 Å². The van der Waals surface area contributed by atoms with Gasteiger partial charge in [0.1, 0.15) is 11.4 Å². The molecule has 0 spiro atoms. The Hall–Kier alpha value is -4.60. The van der Waals surface area contributed by atoms with Crippen LogP contribution in [0.3, 0.4) is 0 Å². The Morgan fingerprint density at radius 3 is 2.08 bits per heavy atom. The molecule has 0 aliphatic rings. The summed E-state index contributed by atoms with van der Waals surface area (Å²) in [6.45, 7) is 15.5. The molecule has 0 atom stereocenters. The third-order valence-electron chi connectivity index (χ3n) is 8.97. The van der Waals surface area contributed by atoms with Gasteiger partial charge in [0.2, 0.25) is 0 Å². The standard InChI is InChI=1S/C42H39N4O.Pt/c1-26-20-22-44-37-33(26)24-30(42(5,6)7)25-34(37)27-11-8-12-28(23-27)40-45-38-32(39-36(47)15-10-21-43-39)13-9-14-35(38)46(40)31-18-16-29(17-19-31)41(2,3)4;/h8-22,24-25,47H,1-7H3;/q-1;. The molecule has 3 heterocycles. The molecule has 0 saturated carbocycles. The van der Waals surface area contributed by atoms with Crippen LogP contribution in [-0.4, -0.2) is 24.6 Å². The van der Waals surface area contributed by atoms with Crippen LogP contribution in [0.5, 0.6) is 5.75 Å². The Labute approximate surface area is 297 Å². The summed E-state index contributed by atoms with van der Waals surface area (Å²) in [7, 11) is 0. The zero-order valence-corrected chi connectivity index (χ0v) is 30.6. The van der Waals surface area contributed by atoms with Crippen LogP contribution in [0.2, 0.25) is 0 Å². The number of rotatable bonds is 4. The summed E-state index contributed by atoms with van der Waals surface area (Å²) in [6, 6.07) is 34.7. The summed E-state index contributed by atoms with van der Waals surface area (Å²) in [4.78, 5) is 14.7. The van der Waals surface area contributed by atoms with E-state index in [0.29, 0.717) is 5.69 Å². The molecule has 7 rings (SSSR count). The fourth-order valence-electron chi connectivity index (χ4n) is 6.23. The van der Waals surface area contributed by atoms with Crippen molar-refractivity contribution in [1.29, 1.82) is 0 Å². The summed E-state index contributed by atoms with van der Waals surface area (Å²) < 4.78 is 2.19. The number of hydrogen-bond donors (Lipinski definition) is 1. The Balaban J connectivity index is 0.00000401. The molecule has 6 heteroatoms. The van der Waals surface area contributed by atoms with E-state index in [1.807, 2.05) is 18.3 Å². The molecule has 5 nitrogen and oxygen atoms in total. The maximum absolute atomic E-state index is 10.8. The molecular formula is C42H39N4OPt-. The van der Waals surface area contributed by atoms with E-state index in [2.05, 4.69) is 131 Å². The molecule has 3 aromatic heterocycles. The molecule has 0 radical (unpaired) electrons. The maximum Gasteiger partial charge on any atom is 0.141 e. The number of aromatic hydroxyl groups is 1. The molecule has 0 saturated heterocycles. The number of nitrogens with zero attached hydrogens (tertiary/aromatic N) is 4. The number of aromatic nitrogens is 4. The van der Waals surface area contributed by atoms with E-state index in [4.69, 9.17) is 9.97 Å². The number of hydrogen-bond acceptors (Lipinski definition) is 4. The van der Waals surface area contributed by atoms with Crippen LogP contribution in [0, 0.1) is 13.0 Å². The van der Waals surface area contributed by atoms with Gasteiger partial charge < -0.3 is 9.67 Å². The fourth-order valence-corrected chi connectivity index (χ4v) is 6.23. The van der Waals surface area contributed by atoms with E-state index in [1.165, 1.54) is 16.7 Å². The second kappa shape index (κ2) is 12.4. The van der Waals surface area contributed by atoms with Crippen molar-refractivity contribution in [2.24, 2.45) is 0 Å². The predicted molar refractivity (Wildman–Crippen MR) is 193 cm³/mol. The Morgan fingerprint density at radius 2 is 1.38 bits per heavy atom. The molecule has 0 aliphatic carbocycles. The second-order valence-electron chi connectivity index (χ2n) is 14.4. The first kappa shape index (κ1) is 33.3. The SMILES string of the molecule is Cc1ccnc2c(-c3[c-]c(-c4nc5c(-c6ncccc6O)cccc5n4-c4ccc(C(C)(C)C)cc4)ccc3)cc(C(C)(C)C)cc12.[Pt]. The summed E-state index contributed by atoms with van der Waals surface area (Å²) >= 11 is 0. The molecule has 7 aromatic rings. The van der Waals surface area contributed by atoms with Crippen molar-refractivity contribution in [2.75, 3.05) is 0 Å². The summed E-state index contributed by atoms with van der Waals surface area (Å²) in [6.07, 6.45) is 3.58. The van der Waals surface area contributed by atoms with Crippen molar-refractivity contribution in [2.45, 2.75) is 59.3 Å². The van der Waals surface area contributed by atoms with Gasteiger partial charge in [-0.05, 0) is 76.2 Å². The smallest absolute Gasteiger partial charge is 0.141 e. The third-order valence-corrected chi connectivity index (χ3v) is 8.97. The van der Waals surface area contributed by atoms with Crippen LogP contribution in [0.25, 0.3) is 61.4 Å². The van der Waals surface area contributed by atoms with Crippen LogP contribution < -0.4 is 0 Å². The zero-order valence-electron chi connectivity index (χ0n) is 28.4. The van der Waals surface area contributed by atoms with Crippen LogP contribution in [0.15, 0.2) is 103 Å². The summed E-state index contributed by atoms with van der Waals surface area (Å²) in [5.74, 6) is 0.876. The molecule has 1 N–H and O–H groups in total. The van der Waals surface area contributed by atoms with Crippen molar-refractivity contribution in [3.05, 3.63) is 126 Å². The van der Waals surface area contributed by atoms with Gasteiger partial charge in [0.05, 0.1) is 16.9 Å². The van der Waals surface area contributed by atoms with Crippen LogP contribution >= 0.6 is 0 Å². The molecule has 4 aromatic carbocycles. The first-order valence-corrected chi connectivity index (χ1v) is 16.1. The molecule has 0 fully saturated rings. The van der Waals surface area contributed by atoms with Gasteiger partial charge in [0.25, 0.3) is 0 Å². The minimum atomic E-state index is -0.0382. The van der Waals surface area contributed by atoms with Gasteiger partial charge in [0.15, 0.2) is 0 Å². The number of imidazole rings is 1. The summed E-state index contributed by atoms with van der Waals surface area (Å²) in [5, 5.41) is 11.9. The Bertz CT molecular complexity index is 2290. The van der Waals surface area contributed by atoms with Gasteiger partial charge in [-0.25, -0.2) is 0 Å². The van der Waals surface area contributed by atoms with Crippen LogP contribution in [0.1, 0.15) is 58.2 Å². The number of fused-ring (bicyclic) bond motifs is 2. The Morgan fingerprint density at radius 1 is 0.667 bits per heavy atom. The van der Waals surface area contributed by atoms with Crippen molar-refractivity contribution in [3.8, 4) is 45.2 Å². The molecule has 244 valence electrons. The Kier molecular flexibility index (Phi) is 8.64. The molecule has 0 amide bonds. The van der Waals surface area contributed by atoms with Crippen molar-refractivity contribution in [3.63, 3.8) is 0 Å². The molecular weight excluding hydrogens is 772 g/mol. The van der Waals surface area contributed by atoms with E-state index < -0.39 is 0 Å². The van der Waals surface area contributed by atoms with Crippen molar-refractivity contribution in [1.82, 2.24) is 19.5 Å². The van der Waals surface area contributed by atoms with Gasteiger partial charge in [-0.2, -0.15) is 0 Å². The first-order chi connectivity index (χ1) is 22.4. The van der Waals surface area contributed by atoms with E-state index in [-0.39, 0.29) is 37.6 Å². The van der Waals surface area contributed by atoms with Gasteiger partial charge in [-0.3, -0.25) is 15.0 Å². The minimum Gasteiger partial charge on any atom is -0.506 e. The topological polar surface area (TPSA) is 63.8 Å². The molecule has 0 unspecified atom stereocenters. The van der Waals surface area contributed by atoms with Crippen molar-refractivity contribution >= 4 is 21.9 Å². The number of benzene rings is 4. The first-order valence-electron chi connectivity index (χ1n) is 16.1. The van der Waals surface area contributed by atoms with Gasteiger partial charge in [-0.15, -0.1) is 29.8 Å². The largest absolute Gasteiger partial charge is 0.506 e. The minimum absolute atomic E-state index is 0. The number of pyridine rings is 2. The van der Waals surface area contributed by atoms with Crippen molar-refractivity contribution < 1.29 is 26.2 Å². The van der Waals surface area contributed by atoms with E-state index >= 15 is 0 Å². The van der Waals surface area contributed by atoms with Gasteiger partial charge >= 0.3 is 0 Å². The number of aryl methyl sites for hydroxylation is 1. The monoisotopic (exact) mass is 810 g/mol. The summed E-state index contributed by atoms with van der Waals surface area (Å²) in [5.41, 5.74) is 11.5. The van der Waals surface area contributed by atoms with Crippen LogP contribution in [-0.2, 0) is 31.9 Å². The predicted octanol–water partition coefficient (Wildman–Crippen LogP) is 10.4. The number of para-hydroxylation sites is 1. The maximum atomic E-state index is 10.8.